The monoisotopic (exact) mass is 426 g/mol. The van der Waals surface area contributed by atoms with Crippen LogP contribution in [0.25, 0.3) is 33.7 Å². The molecule has 1 N–H and O–H groups in total. The van der Waals surface area contributed by atoms with Gasteiger partial charge in [-0.3, -0.25) is 0 Å². The van der Waals surface area contributed by atoms with Gasteiger partial charge in [-0.05, 0) is 63.7 Å². The zero-order chi connectivity index (χ0) is 22.7. The maximum atomic E-state index is 9.62. The van der Waals surface area contributed by atoms with Gasteiger partial charge in [0.15, 0.2) is 0 Å². The number of ether oxygens (including phenoxy) is 2. The largest absolute Gasteiger partial charge is 0.497 e. The molecule has 0 saturated heterocycles. The van der Waals surface area contributed by atoms with E-state index in [2.05, 4.69) is 62.0 Å². The van der Waals surface area contributed by atoms with Gasteiger partial charge in [0.05, 0.1) is 14.2 Å². The van der Waals surface area contributed by atoms with E-state index in [4.69, 9.17) is 9.47 Å². The van der Waals surface area contributed by atoms with E-state index in [9.17, 15) is 5.11 Å². The maximum absolute atomic E-state index is 9.62. The summed E-state index contributed by atoms with van der Waals surface area (Å²) in [7, 11) is 3.35. The molecule has 0 radical (unpaired) electrons. The first-order valence-electron chi connectivity index (χ1n) is 11.1. The molecule has 0 amide bonds. The molecule has 164 valence electrons. The zero-order valence-electron chi connectivity index (χ0n) is 19.0. The molecule has 0 saturated carbocycles. The van der Waals surface area contributed by atoms with E-state index >= 15 is 0 Å². The average Bonchev–Trinajstić information content (AvgIpc) is 2.85. The molecule has 0 heterocycles. The van der Waals surface area contributed by atoms with Crippen molar-refractivity contribution in [1.29, 1.82) is 0 Å². The fourth-order valence-corrected chi connectivity index (χ4v) is 4.82. The third-order valence-electron chi connectivity index (χ3n) is 6.38. The van der Waals surface area contributed by atoms with Crippen LogP contribution >= 0.6 is 0 Å². The van der Waals surface area contributed by atoms with E-state index in [0.29, 0.717) is 6.42 Å². The zero-order valence-corrected chi connectivity index (χ0v) is 19.0. The lowest BCUT2D eigenvalue weighted by Crippen LogP contribution is -2.08. The summed E-state index contributed by atoms with van der Waals surface area (Å²) in [6, 6.07) is 19.2. The van der Waals surface area contributed by atoms with Crippen LogP contribution in [0, 0.1) is 0 Å². The summed E-state index contributed by atoms with van der Waals surface area (Å²) >= 11 is 0. The van der Waals surface area contributed by atoms with E-state index in [1.54, 1.807) is 14.2 Å². The lowest BCUT2D eigenvalue weighted by Gasteiger charge is -2.23. The van der Waals surface area contributed by atoms with Crippen molar-refractivity contribution in [3.63, 3.8) is 0 Å². The quantitative estimate of drug-likeness (QED) is 0.371. The first kappa shape index (κ1) is 21.9. The van der Waals surface area contributed by atoms with E-state index in [1.807, 2.05) is 18.2 Å². The Morgan fingerprint density at radius 2 is 1.72 bits per heavy atom. The second-order valence-electron chi connectivity index (χ2n) is 8.00. The number of methoxy groups -OCH3 is 2. The third kappa shape index (κ3) is 3.74. The highest BCUT2D eigenvalue weighted by Gasteiger charge is 2.22. The van der Waals surface area contributed by atoms with Crippen LogP contribution in [0.5, 0.6) is 11.5 Å². The predicted octanol–water partition coefficient (Wildman–Crippen LogP) is 6.08. The van der Waals surface area contributed by atoms with Crippen molar-refractivity contribution in [3.05, 3.63) is 83.1 Å². The second kappa shape index (κ2) is 9.46. The van der Waals surface area contributed by atoms with Crippen LogP contribution < -0.4 is 14.7 Å². The van der Waals surface area contributed by atoms with Gasteiger partial charge >= 0.3 is 0 Å². The molecular weight excluding hydrogens is 396 g/mol. The number of aliphatic hydroxyl groups is 1. The predicted molar refractivity (Wildman–Crippen MR) is 135 cm³/mol. The Morgan fingerprint density at radius 3 is 2.41 bits per heavy atom. The SMILES string of the molecule is C=Cc1ccc2ccc(C(CCCO)c3ccc(OC)cc3OC)c3cc/c(=C/C)c1c23. The molecule has 0 fully saturated rings. The molecule has 0 aromatic heterocycles. The van der Waals surface area contributed by atoms with Crippen molar-refractivity contribution in [1.82, 2.24) is 0 Å². The van der Waals surface area contributed by atoms with Crippen LogP contribution in [-0.4, -0.2) is 25.9 Å². The highest BCUT2D eigenvalue weighted by atomic mass is 16.5. The van der Waals surface area contributed by atoms with Crippen molar-refractivity contribution in [2.45, 2.75) is 25.7 Å². The normalized spacial score (nSPS) is 12.9. The molecule has 4 aromatic carbocycles. The van der Waals surface area contributed by atoms with Crippen LogP contribution in [0.2, 0.25) is 0 Å². The van der Waals surface area contributed by atoms with Gasteiger partial charge in [-0.25, -0.2) is 0 Å². The Kier molecular flexibility index (Phi) is 6.48. The fraction of sp³-hybridized carbons (Fsp3) is 0.241. The summed E-state index contributed by atoms with van der Waals surface area (Å²) in [5.74, 6) is 1.65. The summed E-state index contributed by atoms with van der Waals surface area (Å²) in [4.78, 5) is 0. The van der Waals surface area contributed by atoms with Crippen molar-refractivity contribution in [2.24, 2.45) is 0 Å². The van der Waals surface area contributed by atoms with E-state index in [0.717, 1.165) is 29.0 Å². The van der Waals surface area contributed by atoms with Gasteiger partial charge in [0.2, 0.25) is 0 Å². The smallest absolute Gasteiger partial charge is 0.126 e. The Bertz CT molecular complexity index is 1320. The molecule has 0 aliphatic carbocycles. The van der Waals surface area contributed by atoms with Crippen LogP contribution in [0.15, 0.2) is 61.2 Å². The Hall–Kier alpha value is -3.30. The van der Waals surface area contributed by atoms with Crippen LogP contribution in [0.4, 0.5) is 0 Å². The van der Waals surface area contributed by atoms with Gasteiger partial charge in [0.25, 0.3) is 0 Å². The molecule has 4 aromatic rings. The first-order valence-corrected chi connectivity index (χ1v) is 11.1. The number of aliphatic hydroxyl groups excluding tert-OH is 1. The van der Waals surface area contributed by atoms with Gasteiger partial charge in [-0.2, -0.15) is 0 Å². The summed E-state index contributed by atoms with van der Waals surface area (Å²) in [5.41, 5.74) is 3.48. The highest BCUT2D eigenvalue weighted by molar-refractivity contribution is 6.14. The van der Waals surface area contributed by atoms with E-state index < -0.39 is 0 Å². The summed E-state index contributed by atoms with van der Waals surface area (Å²) in [6.45, 7) is 6.28. The molecule has 3 heteroatoms. The topological polar surface area (TPSA) is 38.7 Å². The minimum atomic E-state index is 0.0828. The van der Waals surface area contributed by atoms with Crippen molar-refractivity contribution in [2.75, 3.05) is 20.8 Å². The number of hydrogen-bond donors (Lipinski definition) is 1. The number of rotatable bonds is 8. The number of benzene rings is 4. The molecule has 4 rings (SSSR count). The standard InChI is InChI=1S/C29H30O3/c1-5-19-9-10-21-12-14-24(26-15-11-20(6-2)28(19)29(21)26)23(8-7-17-30)25-16-13-22(31-3)18-27(25)32-4/h5-6,9-16,18,23,30H,1,7-8,17H2,2-4H3/b20-6-. The van der Waals surface area contributed by atoms with Crippen molar-refractivity contribution < 1.29 is 14.6 Å². The van der Waals surface area contributed by atoms with E-state index in [1.165, 1.54) is 32.3 Å². The third-order valence-corrected chi connectivity index (χ3v) is 6.38. The van der Waals surface area contributed by atoms with E-state index in [-0.39, 0.29) is 12.5 Å². The van der Waals surface area contributed by atoms with Gasteiger partial charge in [0.1, 0.15) is 11.5 Å². The molecule has 1 atom stereocenters. The summed E-state index contributed by atoms with van der Waals surface area (Å²) in [5, 5.41) is 15.8. The second-order valence-corrected chi connectivity index (χ2v) is 8.00. The van der Waals surface area contributed by atoms with Crippen molar-refractivity contribution >= 4 is 33.7 Å². The Morgan fingerprint density at radius 1 is 0.938 bits per heavy atom. The van der Waals surface area contributed by atoms with Gasteiger partial charge in [0, 0.05) is 24.2 Å². The molecule has 0 aliphatic rings. The number of hydrogen-bond acceptors (Lipinski definition) is 3. The molecule has 0 bridgehead atoms. The molecule has 0 aliphatic heterocycles. The molecule has 32 heavy (non-hydrogen) atoms. The lowest BCUT2D eigenvalue weighted by atomic mass is 9.82. The Labute approximate surface area is 189 Å². The molecule has 0 spiro atoms. The van der Waals surface area contributed by atoms with Gasteiger partial charge in [-0.1, -0.05) is 61.2 Å². The van der Waals surface area contributed by atoms with Crippen LogP contribution in [-0.2, 0) is 0 Å². The summed E-state index contributed by atoms with van der Waals surface area (Å²) < 4.78 is 11.2. The fourth-order valence-electron chi connectivity index (χ4n) is 4.82. The van der Waals surface area contributed by atoms with Crippen LogP contribution in [0.3, 0.4) is 0 Å². The molecular formula is C29H30O3. The molecule has 1 unspecified atom stereocenters. The first-order chi connectivity index (χ1) is 15.7. The average molecular weight is 427 g/mol. The minimum absolute atomic E-state index is 0.0828. The minimum Gasteiger partial charge on any atom is -0.497 e. The molecule has 3 nitrogen and oxygen atoms in total. The lowest BCUT2D eigenvalue weighted by molar-refractivity contribution is 0.281. The summed E-state index contributed by atoms with van der Waals surface area (Å²) in [6.07, 6.45) is 5.62. The highest BCUT2D eigenvalue weighted by Crippen LogP contribution is 2.41. The van der Waals surface area contributed by atoms with Crippen LogP contribution in [0.1, 0.15) is 42.4 Å². The Balaban J connectivity index is 2.03. The van der Waals surface area contributed by atoms with Crippen molar-refractivity contribution in [3.8, 4) is 11.5 Å². The maximum Gasteiger partial charge on any atom is 0.126 e. The van der Waals surface area contributed by atoms with Gasteiger partial charge in [-0.15, -0.1) is 0 Å². The van der Waals surface area contributed by atoms with Gasteiger partial charge < -0.3 is 14.6 Å².